The van der Waals surface area contributed by atoms with Gasteiger partial charge in [-0.3, -0.25) is 4.79 Å². The van der Waals surface area contributed by atoms with Crippen LogP contribution in [-0.4, -0.2) is 49.1 Å². The minimum Gasteiger partial charge on any atom is -0.494 e. The summed E-state index contributed by atoms with van der Waals surface area (Å²) in [5.74, 6) is -0.350. The van der Waals surface area contributed by atoms with Crippen LogP contribution in [0.25, 0.3) is 10.6 Å². The fourth-order valence-electron chi connectivity index (χ4n) is 3.28. The van der Waals surface area contributed by atoms with Crippen LogP contribution in [-0.2, 0) is 0 Å². The second kappa shape index (κ2) is 9.28. The first kappa shape index (κ1) is 19.8. The number of likely N-dealkylation sites (tertiary alicyclic amines) is 1. The van der Waals surface area contributed by atoms with Crippen LogP contribution < -0.4 is 10.1 Å². The average molecular weight is 392 g/mol. The summed E-state index contributed by atoms with van der Waals surface area (Å²) in [6.45, 7) is 6.00. The highest BCUT2D eigenvalue weighted by Gasteiger charge is 2.17. The van der Waals surface area contributed by atoms with Gasteiger partial charge in [0.2, 0.25) is 0 Å². The Balaban J connectivity index is 1.53. The van der Waals surface area contributed by atoms with E-state index < -0.39 is 5.82 Å². The number of amides is 1. The van der Waals surface area contributed by atoms with Crippen molar-refractivity contribution in [2.45, 2.75) is 32.6 Å². The molecular weight excluding hydrogens is 365 g/mol. The molecule has 2 aromatic rings. The van der Waals surface area contributed by atoms with Gasteiger partial charge in [-0.2, -0.15) is 0 Å². The van der Waals surface area contributed by atoms with Gasteiger partial charge in [0.15, 0.2) is 11.6 Å². The molecule has 0 atom stereocenters. The van der Waals surface area contributed by atoms with Crippen LogP contribution in [0.2, 0.25) is 0 Å². The number of methoxy groups -OCH3 is 1. The predicted octanol–water partition coefficient (Wildman–Crippen LogP) is 3.87. The van der Waals surface area contributed by atoms with Crippen molar-refractivity contribution in [2.24, 2.45) is 0 Å². The van der Waals surface area contributed by atoms with Crippen molar-refractivity contribution in [1.29, 1.82) is 0 Å². The lowest BCUT2D eigenvalue weighted by atomic mass is 10.2. The van der Waals surface area contributed by atoms with Crippen LogP contribution in [0.4, 0.5) is 4.39 Å². The maximum Gasteiger partial charge on any atom is 0.263 e. The second-order valence-electron chi connectivity index (χ2n) is 6.79. The normalized spacial score (nSPS) is 14.5. The van der Waals surface area contributed by atoms with Crippen molar-refractivity contribution in [3.05, 3.63) is 34.6 Å². The Morgan fingerprint density at radius 2 is 2.11 bits per heavy atom. The summed E-state index contributed by atoms with van der Waals surface area (Å²) in [5.41, 5.74) is 1.31. The number of thiazole rings is 1. The summed E-state index contributed by atoms with van der Waals surface area (Å²) < 4.78 is 18.9. The molecule has 1 aliphatic rings. The van der Waals surface area contributed by atoms with Gasteiger partial charge in [-0.05, 0) is 70.4 Å². The molecule has 146 valence electrons. The lowest BCUT2D eigenvalue weighted by Crippen LogP contribution is -2.26. The fourth-order valence-corrected chi connectivity index (χ4v) is 4.26. The second-order valence-corrected chi connectivity index (χ2v) is 7.79. The number of ether oxygens (including phenoxy) is 1. The standard InChI is InChI=1S/C20H26FN3O2S/c1-14-18(19(25)22-9-3-4-10-24-11-5-6-12-24)27-20(23-14)15-7-8-17(26-2)16(21)13-15/h7-8,13H,3-6,9-12H2,1-2H3,(H,22,25). The molecule has 27 heavy (non-hydrogen) atoms. The summed E-state index contributed by atoms with van der Waals surface area (Å²) in [5, 5.41) is 3.61. The molecule has 1 aromatic heterocycles. The number of benzene rings is 1. The maximum atomic E-state index is 13.9. The van der Waals surface area contributed by atoms with Gasteiger partial charge in [0, 0.05) is 12.1 Å². The molecule has 0 bridgehead atoms. The van der Waals surface area contributed by atoms with E-state index in [9.17, 15) is 9.18 Å². The molecule has 0 aliphatic carbocycles. The van der Waals surface area contributed by atoms with E-state index >= 15 is 0 Å². The Labute approximate surface area is 163 Å². The number of aryl methyl sites for hydroxylation is 1. The van der Waals surface area contributed by atoms with Crippen LogP contribution >= 0.6 is 11.3 Å². The predicted molar refractivity (Wildman–Crippen MR) is 106 cm³/mol. The number of hydrogen-bond acceptors (Lipinski definition) is 5. The van der Waals surface area contributed by atoms with Gasteiger partial charge >= 0.3 is 0 Å². The fraction of sp³-hybridized carbons (Fsp3) is 0.500. The minimum absolute atomic E-state index is 0.105. The van der Waals surface area contributed by atoms with E-state index in [1.807, 2.05) is 6.92 Å². The summed E-state index contributed by atoms with van der Waals surface area (Å²) in [7, 11) is 1.43. The van der Waals surface area contributed by atoms with Gasteiger partial charge in [-0.1, -0.05) is 0 Å². The summed E-state index contributed by atoms with van der Waals surface area (Å²) in [6.07, 6.45) is 4.68. The number of carbonyl (C=O) groups is 1. The van der Waals surface area contributed by atoms with E-state index in [2.05, 4.69) is 15.2 Å². The number of hydrogen-bond donors (Lipinski definition) is 1. The van der Waals surface area contributed by atoms with Crippen molar-refractivity contribution in [1.82, 2.24) is 15.2 Å². The molecule has 1 aromatic carbocycles. The van der Waals surface area contributed by atoms with Gasteiger partial charge in [0.25, 0.3) is 5.91 Å². The largest absolute Gasteiger partial charge is 0.494 e. The summed E-state index contributed by atoms with van der Waals surface area (Å²) in [4.78, 5) is 20.0. The highest BCUT2D eigenvalue weighted by Crippen LogP contribution is 2.30. The van der Waals surface area contributed by atoms with E-state index in [1.165, 1.54) is 50.4 Å². The van der Waals surface area contributed by atoms with Crippen molar-refractivity contribution >= 4 is 17.2 Å². The first-order chi connectivity index (χ1) is 13.1. The Hall–Kier alpha value is -1.99. The Kier molecular flexibility index (Phi) is 6.79. The molecule has 2 heterocycles. The number of rotatable bonds is 8. The molecule has 0 saturated carbocycles. The molecule has 1 amide bonds. The third-order valence-corrected chi connectivity index (χ3v) is 5.99. The molecule has 1 fully saturated rings. The zero-order valence-electron chi connectivity index (χ0n) is 15.9. The van der Waals surface area contributed by atoms with Crippen LogP contribution in [0.1, 0.15) is 41.0 Å². The zero-order chi connectivity index (χ0) is 19.2. The number of nitrogens with one attached hydrogen (secondary N) is 1. The quantitative estimate of drug-likeness (QED) is 0.694. The molecule has 0 spiro atoms. The van der Waals surface area contributed by atoms with E-state index in [0.717, 1.165) is 19.4 Å². The SMILES string of the molecule is COc1ccc(-c2nc(C)c(C(=O)NCCCCN3CCCC3)s2)cc1F. The van der Waals surface area contributed by atoms with Crippen molar-refractivity contribution < 1.29 is 13.9 Å². The maximum absolute atomic E-state index is 13.9. The van der Waals surface area contributed by atoms with Crippen LogP contribution in [0.3, 0.4) is 0 Å². The highest BCUT2D eigenvalue weighted by molar-refractivity contribution is 7.17. The van der Waals surface area contributed by atoms with E-state index in [4.69, 9.17) is 4.74 Å². The first-order valence-electron chi connectivity index (χ1n) is 9.40. The third-order valence-electron chi connectivity index (χ3n) is 4.79. The molecular formula is C20H26FN3O2S. The molecule has 1 saturated heterocycles. The smallest absolute Gasteiger partial charge is 0.263 e. The van der Waals surface area contributed by atoms with Gasteiger partial charge in [0.05, 0.1) is 12.8 Å². The summed E-state index contributed by atoms with van der Waals surface area (Å²) >= 11 is 1.29. The molecule has 5 nitrogen and oxygen atoms in total. The van der Waals surface area contributed by atoms with E-state index in [-0.39, 0.29) is 11.7 Å². The Morgan fingerprint density at radius 1 is 1.33 bits per heavy atom. The molecule has 7 heteroatoms. The number of nitrogens with zero attached hydrogens (tertiary/aromatic N) is 2. The number of aromatic nitrogens is 1. The summed E-state index contributed by atoms with van der Waals surface area (Å²) in [6, 6.07) is 4.71. The lowest BCUT2D eigenvalue weighted by molar-refractivity contribution is 0.0956. The Bertz CT molecular complexity index is 788. The van der Waals surface area contributed by atoms with Crippen molar-refractivity contribution in [3.63, 3.8) is 0 Å². The Morgan fingerprint density at radius 3 is 2.81 bits per heavy atom. The third kappa shape index (κ3) is 5.05. The molecule has 0 unspecified atom stereocenters. The van der Waals surface area contributed by atoms with Crippen molar-refractivity contribution in [3.8, 4) is 16.3 Å². The zero-order valence-corrected chi connectivity index (χ0v) is 16.7. The van der Waals surface area contributed by atoms with Crippen LogP contribution in [0.5, 0.6) is 5.75 Å². The number of halogens is 1. The average Bonchev–Trinajstić information content (AvgIpc) is 3.31. The van der Waals surface area contributed by atoms with E-state index in [1.54, 1.807) is 12.1 Å². The molecule has 1 N–H and O–H groups in total. The molecule has 1 aliphatic heterocycles. The highest BCUT2D eigenvalue weighted by atomic mass is 32.1. The molecule has 3 rings (SSSR count). The van der Waals surface area contributed by atoms with Gasteiger partial charge < -0.3 is 15.0 Å². The number of unbranched alkanes of at least 4 members (excludes halogenated alkanes) is 1. The lowest BCUT2D eigenvalue weighted by Gasteiger charge is -2.13. The molecule has 0 radical (unpaired) electrons. The van der Waals surface area contributed by atoms with Crippen LogP contribution in [0.15, 0.2) is 18.2 Å². The number of carbonyl (C=O) groups excluding carboxylic acids is 1. The van der Waals surface area contributed by atoms with E-state index in [0.29, 0.717) is 27.7 Å². The minimum atomic E-state index is -0.438. The topological polar surface area (TPSA) is 54.5 Å². The van der Waals surface area contributed by atoms with Gasteiger partial charge in [0.1, 0.15) is 9.88 Å². The van der Waals surface area contributed by atoms with Crippen molar-refractivity contribution in [2.75, 3.05) is 33.3 Å². The van der Waals surface area contributed by atoms with Crippen LogP contribution in [0, 0.1) is 12.7 Å². The van der Waals surface area contributed by atoms with Gasteiger partial charge in [-0.25, -0.2) is 9.37 Å². The van der Waals surface area contributed by atoms with Gasteiger partial charge in [-0.15, -0.1) is 11.3 Å². The first-order valence-corrected chi connectivity index (χ1v) is 10.2. The monoisotopic (exact) mass is 391 g/mol.